The van der Waals surface area contributed by atoms with E-state index in [0.29, 0.717) is 5.95 Å². The van der Waals surface area contributed by atoms with Gasteiger partial charge in [0, 0.05) is 16.6 Å². The van der Waals surface area contributed by atoms with E-state index in [1.165, 1.54) is 5.56 Å². The summed E-state index contributed by atoms with van der Waals surface area (Å²) >= 11 is 0. The van der Waals surface area contributed by atoms with Gasteiger partial charge >= 0.3 is 5.97 Å². The van der Waals surface area contributed by atoms with Gasteiger partial charge in [0.05, 0.1) is 16.8 Å². The highest BCUT2D eigenvalue weighted by Gasteiger charge is 2.10. The van der Waals surface area contributed by atoms with Gasteiger partial charge in [-0.3, -0.25) is 0 Å². The van der Waals surface area contributed by atoms with Crippen LogP contribution >= 0.6 is 0 Å². The molecule has 132 valence electrons. The molecule has 1 heterocycles. The lowest BCUT2D eigenvalue weighted by atomic mass is 10.1. The quantitative estimate of drug-likeness (QED) is 0.536. The smallest absolute Gasteiger partial charge is 0.335 e. The molecule has 1 aromatic heterocycles. The molecule has 0 spiro atoms. The predicted octanol–water partition coefficient (Wildman–Crippen LogP) is 5.05. The van der Waals surface area contributed by atoms with Crippen molar-refractivity contribution in [1.82, 2.24) is 9.97 Å². The van der Waals surface area contributed by atoms with Crippen LogP contribution in [0.2, 0.25) is 0 Å². The zero-order valence-corrected chi connectivity index (χ0v) is 14.7. The Morgan fingerprint density at radius 2 is 1.59 bits per heavy atom. The zero-order valence-electron chi connectivity index (χ0n) is 14.7. The minimum absolute atomic E-state index is 0.236. The number of benzene rings is 3. The molecule has 0 aliphatic rings. The van der Waals surface area contributed by atoms with E-state index in [0.717, 1.165) is 27.8 Å². The second-order valence-corrected chi connectivity index (χ2v) is 6.29. The van der Waals surface area contributed by atoms with Gasteiger partial charge in [0.2, 0.25) is 5.95 Å². The molecule has 0 bridgehead atoms. The first-order valence-electron chi connectivity index (χ1n) is 8.54. The summed E-state index contributed by atoms with van der Waals surface area (Å²) < 4.78 is 0. The summed E-state index contributed by atoms with van der Waals surface area (Å²) in [4.78, 5) is 20.3. The number of hydrogen-bond donors (Lipinski definition) is 2. The van der Waals surface area contributed by atoms with Gasteiger partial charge < -0.3 is 10.4 Å². The summed E-state index contributed by atoms with van der Waals surface area (Å²) in [7, 11) is 0. The highest BCUT2D eigenvalue weighted by molar-refractivity contribution is 5.93. The van der Waals surface area contributed by atoms with Crippen LogP contribution in [0.1, 0.15) is 15.9 Å². The third-order valence-corrected chi connectivity index (χ3v) is 4.32. The van der Waals surface area contributed by atoms with E-state index in [4.69, 9.17) is 10.1 Å². The van der Waals surface area contributed by atoms with Gasteiger partial charge in [-0.2, -0.15) is 0 Å². The Labute approximate surface area is 156 Å². The van der Waals surface area contributed by atoms with E-state index in [1.807, 2.05) is 24.3 Å². The van der Waals surface area contributed by atoms with Crippen molar-refractivity contribution in [2.45, 2.75) is 6.92 Å². The number of para-hydroxylation sites is 1. The Bertz CT molecular complexity index is 1120. The SMILES string of the molecule is Cc1ccc(-c2nc(Nc3ccc(C(=O)O)cc3)nc3ccccc23)cc1. The Morgan fingerprint density at radius 1 is 0.889 bits per heavy atom. The van der Waals surface area contributed by atoms with Crippen molar-refractivity contribution < 1.29 is 9.90 Å². The molecular formula is C22H17N3O2. The second-order valence-electron chi connectivity index (χ2n) is 6.29. The van der Waals surface area contributed by atoms with Gasteiger partial charge in [0.15, 0.2) is 0 Å². The minimum Gasteiger partial charge on any atom is -0.478 e. The molecule has 2 N–H and O–H groups in total. The summed E-state index contributed by atoms with van der Waals surface area (Å²) in [5.74, 6) is -0.488. The number of nitrogens with zero attached hydrogens (tertiary/aromatic N) is 2. The number of hydrogen-bond acceptors (Lipinski definition) is 4. The second kappa shape index (κ2) is 6.88. The fraction of sp³-hybridized carbons (Fsp3) is 0.0455. The Kier molecular flexibility index (Phi) is 4.26. The van der Waals surface area contributed by atoms with Crippen molar-refractivity contribution in [3.8, 4) is 11.3 Å². The fourth-order valence-electron chi connectivity index (χ4n) is 2.89. The van der Waals surface area contributed by atoms with Crippen LogP contribution in [0.15, 0.2) is 72.8 Å². The maximum absolute atomic E-state index is 11.0. The Hall–Kier alpha value is -3.73. The zero-order chi connectivity index (χ0) is 18.8. The van der Waals surface area contributed by atoms with Crippen LogP contribution < -0.4 is 5.32 Å². The number of aromatic carboxylic acids is 1. The highest BCUT2D eigenvalue weighted by atomic mass is 16.4. The largest absolute Gasteiger partial charge is 0.478 e. The number of aryl methyl sites for hydroxylation is 1. The standard InChI is InChI=1S/C22H17N3O2/c1-14-6-8-15(9-7-14)20-18-4-2-3-5-19(18)24-22(25-20)23-17-12-10-16(11-13-17)21(26)27/h2-13H,1H3,(H,26,27)(H,23,24,25). The van der Waals surface area contributed by atoms with E-state index in [-0.39, 0.29) is 5.56 Å². The molecular weight excluding hydrogens is 338 g/mol. The predicted molar refractivity (Wildman–Crippen MR) is 106 cm³/mol. The van der Waals surface area contributed by atoms with Gasteiger partial charge in [0.1, 0.15) is 0 Å². The fourth-order valence-corrected chi connectivity index (χ4v) is 2.89. The average molecular weight is 355 g/mol. The van der Waals surface area contributed by atoms with Crippen molar-refractivity contribution >= 4 is 28.5 Å². The Morgan fingerprint density at radius 3 is 2.30 bits per heavy atom. The number of fused-ring (bicyclic) bond motifs is 1. The summed E-state index contributed by atoms with van der Waals surface area (Å²) in [6.07, 6.45) is 0. The maximum Gasteiger partial charge on any atom is 0.335 e. The van der Waals surface area contributed by atoms with E-state index in [9.17, 15) is 4.79 Å². The average Bonchev–Trinajstić information content (AvgIpc) is 2.68. The number of rotatable bonds is 4. The van der Waals surface area contributed by atoms with Crippen molar-refractivity contribution in [3.05, 3.63) is 83.9 Å². The minimum atomic E-state index is -0.954. The van der Waals surface area contributed by atoms with Crippen LogP contribution in [0.5, 0.6) is 0 Å². The monoisotopic (exact) mass is 355 g/mol. The molecule has 3 aromatic carbocycles. The van der Waals surface area contributed by atoms with Gasteiger partial charge in [-0.05, 0) is 37.3 Å². The molecule has 0 aliphatic heterocycles. The summed E-state index contributed by atoms with van der Waals surface area (Å²) in [6, 6.07) is 22.6. The molecule has 27 heavy (non-hydrogen) atoms. The molecule has 0 saturated heterocycles. The molecule has 0 amide bonds. The molecule has 0 atom stereocenters. The van der Waals surface area contributed by atoms with Crippen LogP contribution in [0.4, 0.5) is 11.6 Å². The van der Waals surface area contributed by atoms with Gasteiger partial charge in [-0.15, -0.1) is 0 Å². The molecule has 0 aliphatic carbocycles. The van der Waals surface area contributed by atoms with Gasteiger partial charge in [0.25, 0.3) is 0 Å². The number of anilines is 2. The normalized spacial score (nSPS) is 10.7. The number of carbonyl (C=O) groups is 1. The van der Waals surface area contributed by atoms with Crippen LogP contribution in [0, 0.1) is 6.92 Å². The van der Waals surface area contributed by atoms with E-state index in [1.54, 1.807) is 24.3 Å². The van der Waals surface area contributed by atoms with Crippen molar-refractivity contribution in [1.29, 1.82) is 0 Å². The number of carboxylic acid groups (broad SMARTS) is 1. The van der Waals surface area contributed by atoms with Crippen LogP contribution in [-0.4, -0.2) is 21.0 Å². The van der Waals surface area contributed by atoms with Crippen LogP contribution in [-0.2, 0) is 0 Å². The first-order valence-corrected chi connectivity index (χ1v) is 8.54. The van der Waals surface area contributed by atoms with E-state index in [2.05, 4.69) is 41.5 Å². The number of carboxylic acids is 1. The lowest BCUT2D eigenvalue weighted by Gasteiger charge is -2.11. The van der Waals surface area contributed by atoms with E-state index < -0.39 is 5.97 Å². The molecule has 0 fully saturated rings. The molecule has 4 rings (SSSR count). The molecule has 0 radical (unpaired) electrons. The third kappa shape index (κ3) is 3.48. The molecule has 5 heteroatoms. The van der Waals surface area contributed by atoms with Crippen molar-refractivity contribution in [3.63, 3.8) is 0 Å². The summed E-state index contributed by atoms with van der Waals surface area (Å²) in [5.41, 5.74) is 4.86. The first-order chi connectivity index (χ1) is 13.1. The highest BCUT2D eigenvalue weighted by Crippen LogP contribution is 2.28. The van der Waals surface area contributed by atoms with Crippen molar-refractivity contribution in [2.24, 2.45) is 0 Å². The van der Waals surface area contributed by atoms with Gasteiger partial charge in [-0.25, -0.2) is 14.8 Å². The molecule has 0 unspecified atom stereocenters. The molecule has 0 saturated carbocycles. The summed E-state index contributed by atoms with van der Waals surface area (Å²) in [6.45, 7) is 2.05. The summed E-state index contributed by atoms with van der Waals surface area (Å²) in [5, 5.41) is 13.2. The van der Waals surface area contributed by atoms with Crippen LogP contribution in [0.3, 0.4) is 0 Å². The third-order valence-electron chi connectivity index (χ3n) is 4.32. The van der Waals surface area contributed by atoms with Crippen molar-refractivity contribution in [2.75, 3.05) is 5.32 Å². The maximum atomic E-state index is 11.0. The van der Waals surface area contributed by atoms with Gasteiger partial charge in [-0.1, -0.05) is 48.0 Å². The topological polar surface area (TPSA) is 75.1 Å². The number of aromatic nitrogens is 2. The Balaban J connectivity index is 1.77. The van der Waals surface area contributed by atoms with Crippen LogP contribution in [0.25, 0.3) is 22.2 Å². The molecule has 4 aromatic rings. The van der Waals surface area contributed by atoms with E-state index >= 15 is 0 Å². The molecule has 5 nitrogen and oxygen atoms in total. The number of nitrogens with one attached hydrogen (secondary N) is 1. The lowest BCUT2D eigenvalue weighted by Crippen LogP contribution is -2.01. The first kappa shape index (κ1) is 16.7. The lowest BCUT2D eigenvalue weighted by molar-refractivity contribution is 0.0697.